The largest absolute Gasteiger partial charge is 0.465 e. The van der Waals surface area contributed by atoms with Crippen molar-refractivity contribution in [3.8, 4) is 0 Å². The Kier molecular flexibility index (Phi) is 5.16. The first-order chi connectivity index (χ1) is 9.69. The normalized spacial score (nSPS) is 15.7. The SMILES string of the molecule is COC(=O)c1cccc(NC(=O)CC2CCCCC2)c1. The molecule has 1 saturated carbocycles. The Morgan fingerprint density at radius 3 is 2.70 bits per heavy atom. The Bertz CT molecular complexity index is 478. The Labute approximate surface area is 119 Å². The summed E-state index contributed by atoms with van der Waals surface area (Å²) in [5.74, 6) is 0.139. The molecule has 4 nitrogen and oxygen atoms in total. The molecule has 1 aliphatic rings. The van der Waals surface area contributed by atoms with Crippen LogP contribution >= 0.6 is 0 Å². The van der Waals surface area contributed by atoms with Crippen molar-refractivity contribution in [3.05, 3.63) is 29.8 Å². The summed E-state index contributed by atoms with van der Waals surface area (Å²) >= 11 is 0. The molecule has 0 aliphatic heterocycles. The van der Waals surface area contributed by atoms with Crippen molar-refractivity contribution in [2.75, 3.05) is 12.4 Å². The smallest absolute Gasteiger partial charge is 0.337 e. The molecule has 4 heteroatoms. The molecule has 1 aromatic rings. The van der Waals surface area contributed by atoms with Gasteiger partial charge in [-0.1, -0.05) is 25.3 Å². The summed E-state index contributed by atoms with van der Waals surface area (Å²) in [5.41, 5.74) is 1.09. The molecule has 0 atom stereocenters. The molecule has 0 saturated heterocycles. The van der Waals surface area contributed by atoms with E-state index in [9.17, 15) is 9.59 Å². The van der Waals surface area contributed by atoms with Gasteiger partial charge in [0.15, 0.2) is 0 Å². The zero-order valence-electron chi connectivity index (χ0n) is 11.9. The van der Waals surface area contributed by atoms with Gasteiger partial charge >= 0.3 is 5.97 Å². The molecule has 1 aliphatic carbocycles. The van der Waals surface area contributed by atoms with E-state index in [2.05, 4.69) is 10.1 Å². The van der Waals surface area contributed by atoms with Gasteiger partial charge in [0.2, 0.25) is 5.91 Å². The molecule has 1 amide bonds. The van der Waals surface area contributed by atoms with Crippen LogP contribution in [0.25, 0.3) is 0 Å². The van der Waals surface area contributed by atoms with Gasteiger partial charge in [0, 0.05) is 12.1 Å². The van der Waals surface area contributed by atoms with Gasteiger partial charge in [-0.3, -0.25) is 4.79 Å². The van der Waals surface area contributed by atoms with Gasteiger partial charge in [-0.05, 0) is 37.0 Å². The van der Waals surface area contributed by atoms with Crippen molar-refractivity contribution >= 4 is 17.6 Å². The number of carbonyl (C=O) groups excluding carboxylic acids is 2. The fourth-order valence-corrected chi connectivity index (χ4v) is 2.71. The summed E-state index contributed by atoms with van der Waals surface area (Å²) in [6.07, 6.45) is 6.62. The second-order valence-corrected chi connectivity index (χ2v) is 5.33. The van der Waals surface area contributed by atoms with Crippen LogP contribution in [0.1, 0.15) is 48.9 Å². The molecule has 0 radical (unpaired) electrons. The third-order valence-corrected chi connectivity index (χ3v) is 3.77. The Hall–Kier alpha value is -1.84. The van der Waals surface area contributed by atoms with Crippen LogP contribution in [-0.2, 0) is 9.53 Å². The highest BCUT2D eigenvalue weighted by Crippen LogP contribution is 2.26. The van der Waals surface area contributed by atoms with Gasteiger partial charge < -0.3 is 10.1 Å². The van der Waals surface area contributed by atoms with Gasteiger partial charge in [0.25, 0.3) is 0 Å². The van der Waals surface area contributed by atoms with E-state index in [4.69, 9.17) is 0 Å². The van der Waals surface area contributed by atoms with E-state index in [1.165, 1.54) is 26.4 Å². The molecule has 0 aromatic heterocycles. The maximum absolute atomic E-state index is 12.0. The maximum atomic E-state index is 12.0. The minimum Gasteiger partial charge on any atom is -0.465 e. The van der Waals surface area contributed by atoms with Crippen molar-refractivity contribution in [1.29, 1.82) is 0 Å². The highest BCUT2D eigenvalue weighted by Gasteiger charge is 2.17. The van der Waals surface area contributed by atoms with Gasteiger partial charge in [-0.25, -0.2) is 4.79 Å². The number of rotatable bonds is 4. The van der Waals surface area contributed by atoms with Crippen LogP contribution in [0, 0.1) is 5.92 Å². The third kappa shape index (κ3) is 4.08. The monoisotopic (exact) mass is 275 g/mol. The van der Waals surface area contributed by atoms with Crippen molar-refractivity contribution in [2.45, 2.75) is 38.5 Å². The molecule has 1 aromatic carbocycles. The second kappa shape index (κ2) is 7.08. The van der Waals surface area contributed by atoms with Crippen molar-refractivity contribution in [1.82, 2.24) is 0 Å². The molecular weight excluding hydrogens is 254 g/mol. The summed E-state index contributed by atoms with van der Waals surface area (Å²) in [5, 5.41) is 2.86. The van der Waals surface area contributed by atoms with Crippen LogP contribution in [0.3, 0.4) is 0 Å². The van der Waals surface area contributed by atoms with Gasteiger partial charge in [0.05, 0.1) is 12.7 Å². The molecule has 1 fully saturated rings. The molecule has 2 rings (SSSR count). The minimum atomic E-state index is -0.395. The van der Waals surface area contributed by atoms with E-state index in [-0.39, 0.29) is 5.91 Å². The number of carbonyl (C=O) groups is 2. The zero-order valence-corrected chi connectivity index (χ0v) is 11.9. The minimum absolute atomic E-state index is 0.0268. The van der Waals surface area contributed by atoms with Gasteiger partial charge in [-0.15, -0.1) is 0 Å². The van der Waals surface area contributed by atoms with Gasteiger partial charge in [-0.2, -0.15) is 0 Å². The van der Waals surface area contributed by atoms with Crippen molar-refractivity contribution in [3.63, 3.8) is 0 Å². The topological polar surface area (TPSA) is 55.4 Å². The molecule has 0 bridgehead atoms. The molecule has 1 N–H and O–H groups in total. The number of methoxy groups -OCH3 is 1. The number of amides is 1. The lowest BCUT2D eigenvalue weighted by atomic mass is 9.87. The van der Waals surface area contributed by atoms with Crippen molar-refractivity contribution in [2.24, 2.45) is 5.92 Å². The number of anilines is 1. The second-order valence-electron chi connectivity index (χ2n) is 5.33. The van der Waals surface area contributed by atoms with Crippen LogP contribution in [0.4, 0.5) is 5.69 Å². The zero-order chi connectivity index (χ0) is 14.4. The van der Waals surface area contributed by atoms with E-state index in [1.54, 1.807) is 24.3 Å². The first-order valence-electron chi connectivity index (χ1n) is 7.17. The number of hydrogen-bond acceptors (Lipinski definition) is 3. The summed E-state index contributed by atoms with van der Waals surface area (Å²) in [7, 11) is 1.34. The van der Waals surface area contributed by atoms with Crippen LogP contribution in [-0.4, -0.2) is 19.0 Å². The summed E-state index contributed by atoms with van der Waals surface area (Å²) < 4.78 is 4.67. The fraction of sp³-hybridized carbons (Fsp3) is 0.500. The average molecular weight is 275 g/mol. The molecular formula is C16H21NO3. The predicted molar refractivity (Wildman–Crippen MR) is 77.6 cm³/mol. The molecule has 0 spiro atoms. The van der Waals surface area contributed by atoms with E-state index >= 15 is 0 Å². The maximum Gasteiger partial charge on any atom is 0.337 e. The summed E-state index contributed by atoms with van der Waals surface area (Å²) in [6, 6.07) is 6.83. The summed E-state index contributed by atoms with van der Waals surface area (Å²) in [4.78, 5) is 23.4. The van der Waals surface area contributed by atoms with E-state index < -0.39 is 5.97 Å². The average Bonchev–Trinajstić information content (AvgIpc) is 2.47. The highest BCUT2D eigenvalue weighted by atomic mass is 16.5. The predicted octanol–water partition coefficient (Wildman–Crippen LogP) is 3.38. The summed E-state index contributed by atoms with van der Waals surface area (Å²) in [6.45, 7) is 0. The van der Waals surface area contributed by atoms with Crippen molar-refractivity contribution < 1.29 is 14.3 Å². The van der Waals surface area contributed by atoms with Crippen LogP contribution < -0.4 is 5.32 Å². The lowest BCUT2D eigenvalue weighted by Crippen LogP contribution is -2.18. The van der Waals surface area contributed by atoms with Gasteiger partial charge in [0.1, 0.15) is 0 Å². The first kappa shape index (κ1) is 14.6. The Morgan fingerprint density at radius 2 is 2.00 bits per heavy atom. The van der Waals surface area contributed by atoms with E-state index in [0.29, 0.717) is 23.6 Å². The Morgan fingerprint density at radius 1 is 1.25 bits per heavy atom. The van der Waals surface area contributed by atoms with Crippen LogP contribution in [0.5, 0.6) is 0 Å². The fourth-order valence-electron chi connectivity index (χ4n) is 2.71. The number of ether oxygens (including phenoxy) is 1. The van der Waals surface area contributed by atoms with Crippen LogP contribution in [0.15, 0.2) is 24.3 Å². The first-order valence-corrected chi connectivity index (χ1v) is 7.17. The molecule has 0 heterocycles. The third-order valence-electron chi connectivity index (χ3n) is 3.77. The highest BCUT2D eigenvalue weighted by molar-refractivity contribution is 5.94. The lowest BCUT2D eigenvalue weighted by Gasteiger charge is -2.20. The quantitative estimate of drug-likeness (QED) is 0.857. The van der Waals surface area contributed by atoms with E-state index in [1.807, 2.05) is 0 Å². The van der Waals surface area contributed by atoms with E-state index in [0.717, 1.165) is 12.8 Å². The Balaban J connectivity index is 1.91. The molecule has 20 heavy (non-hydrogen) atoms. The molecule has 108 valence electrons. The number of benzene rings is 1. The molecule has 0 unspecified atom stereocenters. The number of nitrogens with one attached hydrogen (secondary N) is 1. The number of hydrogen-bond donors (Lipinski definition) is 1. The van der Waals surface area contributed by atoms with Crippen LogP contribution in [0.2, 0.25) is 0 Å². The standard InChI is InChI=1S/C16H21NO3/c1-20-16(19)13-8-5-9-14(11-13)17-15(18)10-12-6-3-2-4-7-12/h5,8-9,11-12H,2-4,6-7,10H2,1H3,(H,17,18). The number of esters is 1. The lowest BCUT2D eigenvalue weighted by molar-refractivity contribution is -0.117.